The summed E-state index contributed by atoms with van der Waals surface area (Å²) in [5.41, 5.74) is 5.96. The fourth-order valence-corrected chi connectivity index (χ4v) is 2.35. The molecule has 0 aromatic heterocycles. The molecular formula is C13H14N2O4. The van der Waals surface area contributed by atoms with E-state index in [1.165, 1.54) is 0 Å². The van der Waals surface area contributed by atoms with Crippen LogP contribution in [-0.4, -0.2) is 31.6 Å². The number of carbonyl (C=O) groups excluding carboxylic acids is 2. The van der Waals surface area contributed by atoms with Crippen molar-refractivity contribution in [1.82, 2.24) is 0 Å². The van der Waals surface area contributed by atoms with Crippen LogP contribution in [0.3, 0.4) is 0 Å². The maximum Gasteiger partial charge on any atom is 0.227 e. The molecule has 2 heterocycles. The van der Waals surface area contributed by atoms with Gasteiger partial charge >= 0.3 is 0 Å². The highest BCUT2D eigenvalue weighted by Gasteiger charge is 2.34. The Morgan fingerprint density at radius 1 is 1.26 bits per heavy atom. The van der Waals surface area contributed by atoms with Gasteiger partial charge in [0.2, 0.25) is 11.8 Å². The fraction of sp³-hybridized carbons (Fsp3) is 0.385. The number of benzene rings is 1. The van der Waals surface area contributed by atoms with E-state index in [1.807, 2.05) is 0 Å². The largest absolute Gasteiger partial charge is 0.486 e. The quantitative estimate of drug-likeness (QED) is 0.830. The molecule has 1 saturated heterocycles. The Bertz CT molecular complexity index is 543. The first-order valence-electron chi connectivity index (χ1n) is 6.14. The molecule has 0 saturated carbocycles. The van der Waals surface area contributed by atoms with Crippen LogP contribution in [-0.2, 0) is 9.59 Å². The van der Waals surface area contributed by atoms with E-state index >= 15 is 0 Å². The molecule has 100 valence electrons. The standard InChI is InChI=1S/C13H14N2O4/c14-13(17)8-5-12(16)15(7-8)9-1-2-10-11(6-9)19-4-3-18-10/h1-2,6,8H,3-5,7H2,(H2,14,17)/t8-/m0/s1. The van der Waals surface area contributed by atoms with Crippen molar-refractivity contribution in [1.29, 1.82) is 0 Å². The Balaban J connectivity index is 1.86. The van der Waals surface area contributed by atoms with Crippen molar-refractivity contribution in [2.75, 3.05) is 24.7 Å². The molecule has 6 nitrogen and oxygen atoms in total. The van der Waals surface area contributed by atoms with E-state index in [0.29, 0.717) is 36.9 Å². The molecule has 1 atom stereocenters. The minimum Gasteiger partial charge on any atom is -0.486 e. The molecule has 0 radical (unpaired) electrons. The van der Waals surface area contributed by atoms with Gasteiger partial charge in [-0.05, 0) is 12.1 Å². The number of carbonyl (C=O) groups is 2. The van der Waals surface area contributed by atoms with Gasteiger partial charge in [-0.3, -0.25) is 9.59 Å². The van der Waals surface area contributed by atoms with Crippen molar-refractivity contribution in [2.24, 2.45) is 11.7 Å². The first kappa shape index (κ1) is 11.8. The monoisotopic (exact) mass is 262 g/mol. The molecule has 0 bridgehead atoms. The molecule has 0 unspecified atom stereocenters. The molecule has 2 aliphatic rings. The lowest BCUT2D eigenvalue weighted by molar-refractivity contribution is -0.123. The number of nitrogens with zero attached hydrogens (tertiary/aromatic N) is 1. The highest BCUT2D eigenvalue weighted by atomic mass is 16.6. The van der Waals surface area contributed by atoms with E-state index in [1.54, 1.807) is 23.1 Å². The molecule has 2 amide bonds. The van der Waals surface area contributed by atoms with Crippen LogP contribution in [0.4, 0.5) is 5.69 Å². The third-order valence-electron chi connectivity index (χ3n) is 3.36. The Morgan fingerprint density at radius 3 is 2.68 bits per heavy atom. The number of hydrogen-bond acceptors (Lipinski definition) is 4. The summed E-state index contributed by atoms with van der Waals surface area (Å²) in [7, 11) is 0. The van der Waals surface area contributed by atoms with Crippen molar-refractivity contribution in [3.05, 3.63) is 18.2 Å². The van der Waals surface area contributed by atoms with Crippen LogP contribution in [0.1, 0.15) is 6.42 Å². The van der Waals surface area contributed by atoms with Crippen LogP contribution in [0.25, 0.3) is 0 Å². The second-order valence-electron chi connectivity index (χ2n) is 4.64. The number of rotatable bonds is 2. The number of ether oxygens (including phenoxy) is 2. The summed E-state index contributed by atoms with van der Waals surface area (Å²) in [6.07, 6.45) is 0.170. The summed E-state index contributed by atoms with van der Waals surface area (Å²) in [6, 6.07) is 5.32. The number of anilines is 1. The Hall–Kier alpha value is -2.24. The average molecular weight is 262 g/mol. The van der Waals surface area contributed by atoms with Gasteiger partial charge in [-0.25, -0.2) is 0 Å². The molecule has 3 rings (SSSR count). The van der Waals surface area contributed by atoms with Crippen LogP contribution >= 0.6 is 0 Å². The van der Waals surface area contributed by atoms with Crippen LogP contribution in [0.5, 0.6) is 11.5 Å². The number of nitrogens with two attached hydrogens (primary N) is 1. The first-order valence-corrected chi connectivity index (χ1v) is 6.14. The molecule has 1 aromatic rings. The van der Waals surface area contributed by atoms with E-state index < -0.39 is 11.8 Å². The summed E-state index contributed by atoms with van der Waals surface area (Å²) in [6.45, 7) is 1.35. The molecule has 2 aliphatic heterocycles. The van der Waals surface area contributed by atoms with Gasteiger partial charge in [-0.2, -0.15) is 0 Å². The van der Waals surface area contributed by atoms with Gasteiger partial charge in [-0.1, -0.05) is 0 Å². The van der Waals surface area contributed by atoms with Gasteiger partial charge < -0.3 is 20.1 Å². The minimum absolute atomic E-state index is 0.0968. The lowest BCUT2D eigenvalue weighted by Crippen LogP contribution is -2.28. The van der Waals surface area contributed by atoms with Crippen molar-refractivity contribution >= 4 is 17.5 Å². The van der Waals surface area contributed by atoms with E-state index in [0.717, 1.165) is 0 Å². The lowest BCUT2D eigenvalue weighted by Gasteiger charge is -2.22. The molecule has 1 aromatic carbocycles. The molecule has 0 spiro atoms. The van der Waals surface area contributed by atoms with Crippen LogP contribution < -0.4 is 20.1 Å². The van der Waals surface area contributed by atoms with Gasteiger partial charge in [0, 0.05) is 24.7 Å². The zero-order valence-electron chi connectivity index (χ0n) is 10.3. The first-order chi connectivity index (χ1) is 9.15. The van der Waals surface area contributed by atoms with Crippen molar-refractivity contribution in [2.45, 2.75) is 6.42 Å². The highest BCUT2D eigenvalue weighted by molar-refractivity contribution is 6.00. The van der Waals surface area contributed by atoms with Gasteiger partial charge in [0.25, 0.3) is 0 Å². The Morgan fingerprint density at radius 2 is 2.00 bits per heavy atom. The second-order valence-corrected chi connectivity index (χ2v) is 4.64. The van der Waals surface area contributed by atoms with Gasteiger partial charge in [0.1, 0.15) is 13.2 Å². The van der Waals surface area contributed by atoms with Gasteiger partial charge in [0.15, 0.2) is 11.5 Å². The fourth-order valence-electron chi connectivity index (χ4n) is 2.35. The minimum atomic E-state index is -0.437. The van der Waals surface area contributed by atoms with Crippen molar-refractivity contribution in [3.8, 4) is 11.5 Å². The normalized spacial score (nSPS) is 21.6. The third-order valence-corrected chi connectivity index (χ3v) is 3.36. The van der Waals surface area contributed by atoms with E-state index in [-0.39, 0.29) is 12.3 Å². The Kier molecular flexibility index (Phi) is 2.77. The number of amides is 2. The van der Waals surface area contributed by atoms with Crippen molar-refractivity contribution in [3.63, 3.8) is 0 Å². The SMILES string of the molecule is NC(=O)[C@H]1CC(=O)N(c2ccc3c(c2)OCCO3)C1. The summed E-state index contributed by atoms with van der Waals surface area (Å²) in [4.78, 5) is 24.6. The number of fused-ring (bicyclic) bond motifs is 1. The van der Waals surface area contributed by atoms with E-state index in [2.05, 4.69) is 0 Å². The maximum atomic E-state index is 11.9. The predicted molar refractivity (Wildman–Crippen MR) is 67.1 cm³/mol. The zero-order chi connectivity index (χ0) is 13.4. The second kappa shape index (κ2) is 4.46. The predicted octanol–water partition coefficient (Wildman–Crippen LogP) is 0.296. The number of hydrogen-bond donors (Lipinski definition) is 1. The molecule has 1 fully saturated rings. The Labute approximate surface area is 110 Å². The average Bonchev–Trinajstić information content (AvgIpc) is 2.80. The molecular weight excluding hydrogens is 248 g/mol. The smallest absolute Gasteiger partial charge is 0.227 e. The zero-order valence-corrected chi connectivity index (χ0v) is 10.3. The summed E-state index contributed by atoms with van der Waals surface area (Å²) >= 11 is 0. The van der Waals surface area contributed by atoms with E-state index in [9.17, 15) is 9.59 Å². The lowest BCUT2D eigenvalue weighted by atomic mass is 10.1. The topological polar surface area (TPSA) is 81.9 Å². The molecule has 2 N–H and O–H groups in total. The third kappa shape index (κ3) is 2.09. The maximum absolute atomic E-state index is 11.9. The highest BCUT2D eigenvalue weighted by Crippen LogP contribution is 2.35. The number of primary amides is 1. The van der Waals surface area contributed by atoms with Gasteiger partial charge in [-0.15, -0.1) is 0 Å². The molecule has 6 heteroatoms. The van der Waals surface area contributed by atoms with Crippen molar-refractivity contribution < 1.29 is 19.1 Å². The molecule has 19 heavy (non-hydrogen) atoms. The molecule has 0 aliphatic carbocycles. The van der Waals surface area contributed by atoms with Crippen LogP contribution in [0.15, 0.2) is 18.2 Å². The summed E-state index contributed by atoms with van der Waals surface area (Å²) in [5, 5.41) is 0. The van der Waals surface area contributed by atoms with Crippen LogP contribution in [0.2, 0.25) is 0 Å². The summed E-state index contributed by atoms with van der Waals surface area (Å²) < 4.78 is 10.9. The van der Waals surface area contributed by atoms with Crippen LogP contribution in [0, 0.1) is 5.92 Å². The van der Waals surface area contributed by atoms with Gasteiger partial charge in [0.05, 0.1) is 5.92 Å². The summed E-state index contributed by atoms with van der Waals surface area (Å²) in [5.74, 6) is 0.349. The van der Waals surface area contributed by atoms with E-state index in [4.69, 9.17) is 15.2 Å².